The molecule has 0 aromatic heterocycles. The average molecular weight is 375 g/mol. The lowest BCUT2D eigenvalue weighted by molar-refractivity contribution is -0.133. The van der Waals surface area contributed by atoms with E-state index in [1.54, 1.807) is 32.9 Å². The van der Waals surface area contributed by atoms with Gasteiger partial charge < -0.3 is 0 Å². The zero-order valence-electron chi connectivity index (χ0n) is 15.7. The molecule has 0 bridgehead atoms. The fraction of sp³-hybridized carbons (Fsp3) is 0.381. The summed E-state index contributed by atoms with van der Waals surface area (Å²) in [5.74, 6) is -0.218. The van der Waals surface area contributed by atoms with Crippen molar-refractivity contribution < 1.29 is 17.4 Å². The minimum Gasteiger partial charge on any atom is -0.296 e. The van der Waals surface area contributed by atoms with Gasteiger partial charge in [0.1, 0.15) is 6.10 Å². The Morgan fingerprint density at radius 3 is 2.12 bits per heavy atom. The van der Waals surface area contributed by atoms with E-state index in [1.165, 1.54) is 12.1 Å². The topological polar surface area (TPSA) is 60.4 Å². The maximum atomic E-state index is 12.8. The molecule has 0 aliphatic carbocycles. The molecule has 4 nitrogen and oxygen atoms in total. The maximum absolute atomic E-state index is 12.8. The summed E-state index contributed by atoms with van der Waals surface area (Å²) < 4.78 is 30.6. The summed E-state index contributed by atoms with van der Waals surface area (Å²) in [5, 5.41) is 0. The van der Waals surface area contributed by atoms with E-state index >= 15 is 0 Å². The van der Waals surface area contributed by atoms with Crippen molar-refractivity contribution in [2.45, 2.75) is 51.5 Å². The van der Waals surface area contributed by atoms with Gasteiger partial charge in [0.25, 0.3) is 10.1 Å². The number of ketones is 1. The van der Waals surface area contributed by atoms with E-state index in [9.17, 15) is 13.2 Å². The third-order valence-corrected chi connectivity index (χ3v) is 5.46. The van der Waals surface area contributed by atoms with Gasteiger partial charge in [0.05, 0.1) is 4.90 Å². The first-order chi connectivity index (χ1) is 12.1. The molecule has 1 atom stereocenters. The van der Waals surface area contributed by atoms with Crippen molar-refractivity contribution >= 4 is 15.9 Å². The van der Waals surface area contributed by atoms with Crippen molar-refractivity contribution in [3.63, 3.8) is 0 Å². The van der Waals surface area contributed by atoms with Crippen LogP contribution in [0.15, 0.2) is 59.5 Å². The molecule has 0 radical (unpaired) electrons. The molecule has 0 aliphatic rings. The number of hydrogen-bond donors (Lipinski definition) is 0. The van der Waals surface area contributed by atoms with E-state index in [4.69, 9.17) is 4.18 Å². The standard InChI is InChI=1S/C21H26O4S/c1-16-10-13-18(14-11-16)26(23,24)25-19(20(22)21(2,3)4)15-12-17-8-6-5-7-9-17/h5-11,13-14,19H,12,15H2,1-4H3. The van der Waals surface area contributed by atoms with Gasteiger partial charge in [0, 0.05) is 5.41 Å². The zero-order chi connectivity index (χ0) is 19.4. The molecule has 5 heteroatoms. The number of hydrogen-bond acceptors (Lipinski definition) is 4. The Bertz CT molecular complexity index is 832. The second kappa shape index (κ2) is 8.14. The number of carbonyl (C=O) groups is 1. The molecule has 2 aromatic rings. The molecule has 1 unspecified atom stereocenters. The molecule has 0 spiro atoms. The Hall–Kier alpha value is -1.98. The van der Waals surface area contributed by atoms with Crippen LogP contribution in [0.2, 0.25) is 0 Å². The fourth-order valence-corrected chi connectivity index (χ4v) is 3.63. The summed E-state index contributed by atoms with van der Waals surface area (Å²) >= 11 is 0. The molecule has 0 heterocycles. The van der Waals surface area contributed by atoms with Crippen LogP contribution in [0.1, 0.15) is 38.3 Å². The van der Waals surface area contributed by atoms with Gasteiger partial charge in [-0.15, -0.1) is 0 Å². The average Bonchev–Trinajstić information content (AvgIpc) is 2.58. The Balaban J connectivity index is 2.22. The summed E-state index contributed by atoms with van der Waals surface area (Å²) in [6.07, 6.45) is -0.136. The Morgan fingerprint density at radius 2 is 1.58 bits per heavy atom. The Kier molecular flexibility index (Phi) is 6.37. The van der Waals surface area contributed by atoms with Crippen LogP contribution in [0.3, 0.4) is 0 Å². The lowest BCUT2D eigenvalue weighted by Gasteiger charge is -2.24. The number of aryl methyl sites for hydroxylation is 2. The van der Waals surface area contributed by atoms with Gasteiger partial charge in [-0.3, -0.25) is 8.98 Å². The Labute approximate surface area is 156 Å². The summed E-state index contributed by atoms with van der Waals surface area (Å²) in [4.78, 5) is 12.8. The van der Waals surface area contributed by atoms with Gasteiger partial charge >= 0.3 is 0 Å². The van der Waals surface area contributed by atoms with Crippen molar-refractivity contribution in [3.05, 3.63) is 65.7 Å². The molecule has 140 valence electrons. The summed E-state index contributed by atoms with van der Waals surface area (Å²) in [6, 6.07) is 16.1. The zero-order valence-corrected chi connectivity index (χ0v) is 16.5. The Morgan fingerprint density at radius 1 is 1.00 bits per heavy atom. The lowest BCUT2D eigenvalue weighted by atomic mass is 9.86. The predicted molar refractivity (Wildman–Crippen MR) is 102 cm³/mol. The molecule has 2 aromatic carbocycles. The third kappa shape index (κ3) is 5.51. The van der Waals surface area contributed by atoms with Gasteiger partial charge in [-0.2, -0.15) is 8.42 Å². The molecule has 2 rings (SSSR count). The van der Waals surface area contributed by atoms with Gasteiger partial charge in [-0.25, -0.2) is 0 Å². The monoisotopic (exact) mass is 374 g/mol. The number of carbonyl (C=O) groups excluding carboxylic acids is 1. The largest absolute Gasteiger partial charge is 0.297 e. The van der Waals surface area contributed by atoms with Crippen LogP contribution in [-0.4, -0.2) is 20.3 Å². The normalized spacial score (nSPS) is 13.4. The van der Waals surface area contributed by atoms with Gasteiger partial charge in [0.15, 0.2) is 5.78 Å². The van der Waals surface area contributed by atoms with Gasteiger partial charge in [-0.05, 0) is 37.5 Å². The first-order valence-electron chi connectivity index (χ1n) is 8.68. The molecule has 0 aliphatic heterocycles. The predicted octanol–water partition coefficient (Wildman–Crippen LogP) is 4.32. The second-order valence-electron chi connectivity index (χ2n) is 7.49. The van der Waals surface area contributed by atoms with Crippen LogP contribution in [0.25, 0.3) is 0 Å². The van der Waals surface area contributed by atoms with Crippen LogP contribution >= 0.6 is 0 Å². The van der Waals surface area contributed by atoms with Crippen LogP contribution < -0.4 is 0 Å². The fourth-order valence-electron chi connectivity index (χ4n) is 2.56. The molecule has 0 saturated heterocycles. The first kappa shape index (κ1) is 20.3. The van der Waals surface area contributed by atoms with Crippen LogP contribution in [-0.2, 0) is 25.5 Å². The van der Waals surface area contributed by atoms with E-state index in [1.807, 2.05) is 37.3 Å². The number of rotatable bonds is 7. The van der Waals surface area contributed by atoms with E-state index in [-0.39, 0.29) is 10.7 Å². The minimum absolute atomic E-state index is 0.0644. The smallest absolute Gasteiger partial charge is 0.296 e. The summed E-state index contributed by atoms with van der Waals surface area (Å²) in [5.41, 5.74) is 1.30. The lowest BCUT2D eigenvalue weighted by Crippen LogP contribution is -2.36. The highest BCUT2D eigenvalue weighted by molar-refractivity contribution is 7.86. The highest BCUT2D eigenvalue weighted by Crippen LogP contribution is 2.25. The maximum Gasteiger partial charge on any atom is 0.297 e. The second-order valence-corrected chi connectivity index (χ2v) is 9.06. The number of Topliss-reactive ketones (excluding diaryl/α,β-unsaturated/α-hetero) is 1. The molecule has 0 saturated carbocycles. The summed E-state index contributed by atoms with van der Waals surface area (Å²) in [6.45, 7) is 7.19. The van der Waals surface area contributed by atoms with E-state index < -0.39 is 21.6 Å². The van der Waals surface area contributed by atoms with E-state index in [2.05, 4.69) is 0 Å². The van der Waals surface area contributed by atoms with Gasteiger partial charge in [-0.1, -0.05) is 68.8 Å². The van der Waals surface area contributed by atoms with Crippen LogP contribution in [0, 0.1) is 12.3 Å². The molecular weight excluding hydrogens is 348 g/mol. The quantitative estimate of drug-likeness (QED) is 0.677. The van der Waals surface area contributed by atoms with Gasteiger partial charge in [0.2, 0.25) is 0 Å². The molecule has 0 N–H and O–H groups in total. The van der Waals surface area contributed by atoms with Crippen molar-refractivity contribution in [3.8, 4) is 0 Å². The van der Waals surface area contributed by atoms with Crippen molar-refractivity contribution in [2.24, 2.45) is 5.41 Å². The highest BCUT2D eigenvalue weighted by atomic mass is 32.2. The van der Waals surface area contributed by atoms with E-state index in [0.29, 0.717) is 12.8 Å². The highest BCUT2D eigenvalue weighted by Gasteiger charge is 2.34. The van der Waals surface area contributed by atoms with Crippen molar-refractivity contribution in [1.29, 1.82) is 0 Å². The minimum atomic E-state index is -4.01. The van der Waals surface area contributed by atoms with Crippen LogP contribution in [0.5, 0.6) is 0 Å². The summed E-state index contributed by atoms with van der Waals surface area (Å²) in [7, 11) is -4.01. The third-order valence-electron chi connectivity index (χ3n) is 4.12. The SMILES string of the molecule is Cc1ccc(S(=O)(=O)OC(CCc2ccccc2)C(=O)C(C)(C)C)cc1. The molecule has 26 heavy (non-hydrogen) atoms. The van der Waals surface area contributed by atoms with Crippen molar-refractivity contribution in [1.82, 2.24) is 0 Å². The van der Waals surface area contributed by atoms with Crippen molar-refractivity contribution in [2.75, 3.05) is 0 Å². The molecule has 0 amide bonds. The first-order valence-corrected chi connectivity index (χ1v) is 10.1. The molecule has 0 fully saturated rings. The number of benzene rings is 2. The van der Waals surface area contributed by atoms with Crippen LogP contribution in [0.4, 0.5) is 0 Å². The van der Waals surface area contributed by atoms with E-state index in [0.717, 1.165) is 11.1 Å². The molecular formula is C21H26O4S.